The molecule has 36 heavy (non-hydrogen) atoms. The number of aryl methyl sites for hydroxylation is 2. The van der Waals surface area contributed by atoms with Crippen LogP contribution in [0.15, 0.2) is 87.9 Å². The molecule has 3 aromatic carbocycles. The summed E-state index contributed by atoms with van der Waals surface area (Å²) in [4.78, 5) is 21.0. The van der Waals surface area contributed by atoms with Crippen molar-refractivity contribution in [3.05, 3.63) is 107 Å². The number of allylic oxidation sites excluding steroid dienone is 1. The van der Waals surface area contributed by atoms with Gasteiger partial charge >= 0.3 is 6.03 Å². The second-order valence-electron chi connectivity index (χ2n) is 9.02. The average molecular weight is 497 g/mol. The first-order valence-electron chi connectivity index (χ1n) is 11.8. The lowest BCUT2D eigenvalue weighted by Crippen LogP contribution is -2.45. The standard InChI is InChI=1S/C29H28N4O2S/c1-18-5-9-21(10-6-18)17-33-20(3)25(26(30-29(33)34)22-11-7-19(2)8-12-22)28-31-27(32-35-28)23-13-15-24(36-4)16-14-23/h5-16,26H,17H2,1-4H3,(H,30,34). The molecular weight excluding hydrogens is 468 g/mol. The van der Waals surface area contributed by atoms with Crippen molar-refractivity contribution in [2.75, 3.05) is 6.26 Å². The highest BCUT2D eigenvalue weighted by Gasteiger charge is 2.35. The molecule has 0 radical (unpaired) electrons. The summed E-state index contributed by atoms with van der Waals surface area (Å²) in [6, 6.07) is 23.8. The molecule has 1 N–H and O–H groups in total. The summed E-state index contributed by atoms with van der Waals surface area (Å²) < 4.78 is 5.81. The van der Waals surface area contributed by atoms with Gasteiger partial charge in [-0.1, -0.05) is 64.8 Å². The maximum absolute atomic E-state index is 13.3. The van der Waals surface area contributed by atoms with Crippen molar-refractivity contribution in [3.63, 3.8) is 0 Å². The van der Waals surface area contributed by atoms with Gasteiger partial charge in [0.25, 0.3) is 5.89 Å². The number of thioether (sulfide) groups is 1. The highest BCUT2D eigenvalue weighted by molar-refractivity contribution is 7.98. The average Bonchev–Trinajstić information content (AvgIpc) is 3.37. The highest BCUT2D eigenvalue weighted by atomic mass is 32.2. The molecule has 0 spiro atoms. The van der Waals surface area contributed by atoms with Gasteiger partial charge in [0, 0.05) is 16.2 Å². The Morgan fingerprint density at radius 1 is 0.917 bits per heavy atom. The number of hydrogen-bond acceptors (Lipinski definition) is 5. The minimum absolute atomic E-state index is 0.158. The van der Waals surface area contributed by atoms with Crippen LogP contribution in [0.5, 0.6) is 0 Å². The Balaban J connectivity index is 1.57. The number of hydrogen-bond donors (Lipinski definition) is 1. The van der Waals surface area contributed by atoms with E-state index in [2.05, 4.69) is 29.5 Å². The lowest BCUT2D eigenvalue weighted by Gasteiger charge is -2.35. The topological polar surface area (TPSA) is 71.3 Å². The number of amides is 2. The predicted molar refractivity (Wildman–Crippen MR) is 143 cm³/mol. The molecule has 1 aliphatic rings. The van der Waals surface area contributed by atoms with Crippen molar-refractivity contribution in [2.45, 2.75) is 38.3 Å². The normalized spacial score (nSPS) is 15.8. The fourth-order valence-electron chi connectivity index (χ4n) is 4.32. The molecule has 1 aromatic heterocycles. The summed E-state index contributed by atoms with van der Waals surface area (Å²) >= 11 is 1.68. The van der Waals surface area contributed by atoms with E-state index in [1.54, 1.807) is 16.7 Å². The molecule has 0 saturated heterocycles. The van der Waals surface area contributed by atoms with Crippen molar-refractivity contribution in [2.24, 2.45) is 0 Å². The molecular formula is C29H28N4O2S. The van der Waals surface area contributed by atoms with Crippen LogP contribution in [0.2, 0.25) is 0 Å². The molecule has 5 rings (SSSR count). The van der Waals surface area contributed by atoms with Gasteiger partial charge in [0.15, 0.2) is 0 Å². The molecule has 2 heterocycles. The molecule has 4 aromatic rings. The number of carbonyl (C=O) groups excluding carboxylic acids is 1. The minimum atomic E-state index is -0.403. The number of rotatable bonds is 6. The van der Waals surface area contributed by atoms with Crippen LogP contribution in [0.25, 0.3) is 17.0 Å². The van der Waals surface area contributed by atoms with E-state index in [0.717, 1.165) is 33.5 Å². The van der Waals surface area contributed by atoms with Gasteiger partial charge in [0.05, 0.1) is 18.2 Å². The zero-order chi connectivity index (χ0) is 25.2. The van der Waals surface area contributed by atoms with Crippen LogP contribution in [0.4, 0.5) is 4.79 Å². The van der Waals surface area contributed by atoms with E-state index in [-0.39, 0.29) is 6.03 Å². The zero-order valence-corrected chi connectivity index (χ0v) is 21.6. The number of benzene rings is 3. The van der Waals surface area contributed by atoms with Gasteiger partial charge in [-0.2, -0.15) is 4.98 Å². The summed E-state index contributed by atoms with van der Waals surface area (Å²) in [7, 11) is 0. The molecule has 6 nitrogen and oxygen atoms in total. The monoisotopic (exact) mass is 496 g/mol. The Bertz CT molecular complexity index is 1410. The van der Waals surface area contributed by atoms with Gasteiger partial charge < -0.3 is 9.84 Å². The Labute approximate surface area is 215 Å². The van der Waals surface area contributed by atoms with E-state index in [0.29, 0.717) is 18.3 Å². The van der Waals surface area contributed by atoms with E-state index in [1.165, 1.54) is 10.5 Å². The second kappa shape index (κ2) is 10.0. The van der Waals surface area contributed by atoms with E-state index in [1.807, 2.05) is 80.8 Å². The van der Waals surface area contributed by atoms with Crippen LogP contribution in [0, 0.1) is 13.8 Å². The van der Waals surface area contributed by atoms with Crippen LogP contribution in [0.3, 0.4) is 0 Å². The van der Waals surface area contributed by atoms with Crippen molar-refractivity contribution in [3.8, 4) is 11.4 Å². The lowest BCUT2D eigenvalue weighted by atomic mass is 9.94. The van der Waals surface area contributed by atoms with E-state index in [9.17, 15) is 4.79 Å². The number of urea groups is 1. The number of aromatic nitrogens is 2. The zero-order valence-electron chi connectivity index (χ0n) is 20.8. The molecule has 0 fully saturated rings. The van der Waals surface area contributed by atoms with Crippen molar-refractivity contribution in [1.82, 2.24) is 20.4 Å². The largest absolute Gasteiger partial charge is 0.334 e. The Morgan fingerprint density at radius 3 is 2.19 bits per heavy atom. The fourth-order valence-corrected chi connectivity index (χ4v) is 4.73. The SMILES string of the molecule is CSc1ccc(-c2noc(C3=C(C)N(Cc4ccc(C)cc4)C(=O)NC3c3ccc(C)cc3)n2)cc1. The fraction of sp³-hybridized carbons (Fsp3) is 0.207. The van der Waals surface area contributed by atoms with Crippen LogP contribution >= 0.6 is 11.8 Å². The van der Waals surface area contributed by atoms with Crippen LogP contribution < -0.4 is 5.32 Å². The van der Waals surface area contributed by atoms with Crippen molar-refractivity contribution >= 4 is 23.4 Å². The summed E-state index contributed by atoms with van der Waals surface area (Å²) in [6.07, 6.45) is 2.04. The minimum Gasteiger partial charge on any atom is -0.334 e. The first-order chi connectivity index (χ1) is 17.4. The Morgan fingerprint density at radius 2 is 1.56 bits per heavy atom. The molecule has 0 aliphatic carbocycles. The van der Waals surface area contributed by atoms with Gasteiger partial charge in [0.1, 0.15) is 0 Å². The van der Waals surface area contributed by atoms with Gasteiger partial charge in [-0.15, -0.1) is 11.8 Å². The molecule has 182 valence electrons. The molecule has 0 saturated carbocycles. The summed E-state index contributed by atoms with van der Waals surface area (Å²) in [6.45, 7) is 6.48. The number of nitrogens with one attached hydrogen (secondary N) is 1. The summed E-state index contributed by atoms with van der Waals surface area (Å²) in [5.74, 6) is 0.915. The van der Waals surface area contributed by atoms with Crippen LogP contribution in [0.1, 0.15) is 41.1 Å². The number of nitrogens with zero attached hydrogens (tertiary/aromatic N) is 3. The predicted octanol–water partition coefficient (Wildman–Crippen LogP) is 6.77. The Kier molecular flexibility index (Phi) is 6.65. The molecule has 7 heteroatoms. The molecule has 1 aliphatic heterocycles. The molecule has 1 unspecified atom stereocenters. The summed E-state index contributed by atoms with van der Waals surface area (Å²) in [5, 5.41) is 7.45. The van der Waals surface area contributed by atoms with Gasteiger partial charge in [-0.3, -0.25) is 4.90 Å². The smallest absolute Gasteiger partial charge is 0.322 e. The summed E-state index contributed by atoms with van der Waals surface area (Å²) in [5.41, 5.74) is 6.80. The maximum atomic E-state index is 13.3. The van der Waals surface area contributed by atoms with E-state index in [4.69, 9.17) is 9.51 Å². The first kappa shape index (κ1) is 23.9. The third kappa shape index (κ3) is 4.79. The Hall–Kier alpha value is -3.84. The van der Waals surface area contributed by atoms with Crippen molar-refractivity contribution < 1.29 is 9.32 Å². The molecule has 2 amide bonds. The van der Waals surface area contributed by atoms with Gasteiger partial charge in [0.2, 0.25) is 5.82 Å². The van der Waals surface area contributed by atoms with Crippen molar-refractivity contribution in [1.29, 1.82) is 0 Å². The van der Waals surface area contributed by atoms with E-state index < -0.39 is 6.04 Å². The first-order valence-corrected chi connectivity index (χ1v) is 13.0. The maximum Gasteiger partial charge on any atom is 0.322 e. The van der Waals surface area contributed by atoms with E-state index >= 15 is 0 Å². The second-order valence-corrected chi connectivity index (χ2v) is 9.90. The number of carbonyl (C=O) groups is 1. The van der Waals surface area contributed by atoms with Crippen LogP contribution in [-0.4, -0.2) is 27.3 Å². The quantitative estimate of drug-likeness (QED) is 0.298. The highest BCUT2D eigenvalue weighted by Crippen LogP contribution is 2.38. The third-order valence-corrected chi connectivity index (χ3v) is 7.22. The van der Waals surface area contributed by atoms with Gasteiger partial charge in [-0.25, -0.2) is 4.79 Å². The molecule has 1 atom stereocenters. The lowest BCUT2D eigenvalue weighted by molar-refractivity contribution is 0.203. The van der Waals surface area contributed by atoms with Gasteiger partial charge in [-0.05, 0) is 62.4 Å². The molecule has 0 bridgehead atoms. The van der Waals surface area contributed by atoms with Crippen LogP contribution in [-0.2, 0) is 6.54 Å². The third-order valence-electron chi connectivity index (χ3n) is 6.47.